The second-order valence-electron chi connectivity index (χ2n) is 1.84. The van der Waals surface area contributed by atoms with Crippen LogP contribution in [0.2, 0.25) is 5.02 Å². The number of nitrogen functional groups attached to an aromatic ring is 1. The zero-order valence-corrected chi connectivity index (χ0v) is 8.11. The Labute approximate surface area is 77.6 Å². The molecule has 0 atom stereocenters. The minimum absolute atomic E-state index is 0.292. The van der Waals surface area contributed by atoms with Gasteiger partial charge in [0, 0.05) is 6.20 Å². The minimum atomic E-state index is 0.292. The first-order chi connectivity index (χ1) is 5.16. The Hall–Kier alpha value is -0.480. The van der Waals surface area contributed by atoms with Gasteiger partial charge in [-0.15, -0.1) is 0 Å². The van der Waals surface area contributed by atoms with Crippen LogP contribution in [0, 0.1) is 0 Å². The number of ether oxygens (including phenoxy) is 1. The Bertz CT molecular complexity index is 280. The highest BCUT2D eigenvalue weighted by Gasteiger charge is 2.08. The van der Waals surface area contributed by atoms with Crippen LogP contribution < -0.4 is 10.5 Å². The van der Waals surface area contributed by atoms with Crippen LogP contribution in [0.4, 0.5) is 5.82 Å². The van der Waals surface area contributed by atoms with E-state index in [2.05, 4.69) is 20.9 Å². The summed E-state index contributed by atoms with van der Waals surface area (Å²) in [5.41, 5.74) is 5.46. The summed E-state index contributed by atoms with van der Waals surface area (Å²) in [6.07, 6.45) is 1.53. The summed E-state index contributed by atoms with van der Waals surface area (Å²) in [6.45, 7) is 0. The molecule has 0 unspecified atom stereocenters. The van der Waals surface area contributed by atoms with E-state index in [1.54, 1.807) is 0 Å². The molecular formula is C6H6BrClN2O. The van der Waals surface area contributed by atoms with Crippen LogP contribution in [0.3, 0.4) is 0 Å². The highest BCUT2D eigenvalue weighted by molar-refractivity contribution is 9.10. The van der Waals surface area contributed by atoms with E-state index in [1.807, 2.05) is 0 Å². The van der Waals surface area contributed by atoms with Crippen LogP contribution in [-0.4, -0.2) is 12.1 Å². The molecule has 0 saturated heterocycles. The predicted octanol–water partition coefficient (Wildman–Crippen LogP) is 2.09. The summed E-state index contributed by atoms with van der Waals surface area (Å²) in [5, 5.41) is 0.444. The number of rotatable bonds is 1. The average molecular weight is 237 g/mol. The Morgan fingerprint density at radius 3 is 2.82 bits per heavy atom. The van der Waals surface area contributed by atoms with Gasteiger partial charge in [0.1, 0.15) is 5.02 Å². The van der Waals surface area contributed by atoms with Gasteiger partial charge >= 0.3 is 0 Å². The van der Waals surface area contributed by atoms with Crippen LogP contribution in [0.25, 0.3) is 0 Å². The zero-order chi connectivity index (χ0) is 8.43. The molecule has 0 spiro atoms. The van der Waals surface area contributed by atoms with E-state index >= 15 is 0 Å². The maximum atomic E-state index is 5.81. The number of halogens is 2. The van der Waals surface area contributed by atoms with Crippen molar-refractivity contribution in [3.63, 3.8) is 0 Å². The van der Waals surface area contributed by atoms with Gasteiger partial charge in [0.05, 0.1) is 11.6 Å². The number of aromatic nitrogens is 1. The summed E-state index contributed by atoms with van der Waals surface area (Å²) in [4.78, 5) is 3.83. The molecule has 1 heterocycles. The Morgan fingerprint density at radius 2 is 2.36 bits per heavy atom. The molecule has 0 saturated carbocycles. The lowest BCUT2D eigenvalue weighted by Crippen LogP contribution is -1.96. The van der Waals surface area contributed by atoms with Crippen LogP contribution >= 0.6 is 27.5 Å². The Balaban J connectivity index is 3.29. The fraction of sp³-hybridized carbons (Fsp3) is 0.167. The molecule has 5 heteroatoms. The van der Waals surface area contributed by atoms with E-state index in [0.29, 0.717) is 21.1 Å². The molecule has 0 radical (unpaired) electrons. The van der Waals surface area contributed by atoms with Crippen molar-refractivity contribution in [3.05, 3.63) is 15.7 Å². The summed E-state index contributed by atoms with van der Waals surface area (Å²) in [7, 11) is 1.49. The quantitative estimate of drug-likeness (QED) is 0.813. The summed E-state index contributed by atoms with van der Waals surface area (Å²) >= 11 is 9.00. The topological polar surface area (TPSA) is 48.1 Å². The molecular weight excluding hydrogens is 231 g/mol. The number of nitrogens with zero attached hydrogens (tertiary/aromatic N) is 1. The second kappa shape index (κ2) is 3.28. The predicted molar refractivity (Wildman–Crippen MR) is 47.9 cm³/mol. The molecule has 0 aliphatic heterocycles. The normalized spacial score (nSPS) is 9.73. The fourth-order valence-electron chi connectivity index (χ4n) is 0.657. The van der Waals surface area contributed by atoms with Crippen molar-refractivity contribution >= 4 is 33.3 Å². The minimum Gasteiger partial charge on any atom is -0.491 e. The highest BCUT2D eigenvalue weighted by atomic mass is 79.9. The van der Waals surface area contributed by atoms with Crippen LogP contribution in [0.1, 0.15) is 0 Å². The van der Waals surface area contributed by atoms with Crippen LogP contribution in [0.5, 0.6) is 5.75 Å². The van der Waals surface area contributed by atoms with Gasteiger partial charge in [-0.1, -0.05) is 11.6 Å². The Kier molecular flexibility index (Phi) is 2.57. The lowest BCUT2D eigenvalue weighted by atomic mass is 10.4. The van der Waals surface area contributed by atoms with Crippen molar-refractivity contribution < 1.29 is 4.74 Å². The molecule has 0 amide bonds. The first kappa shape index (κ1) is 8.62. The molecule has 3 nitrogen and oxygen atoms in total. The first-order valence-corrected chi connectivity index (χ1v) is 3.97. The largest absolute Gasteiger partial charge is 0.491 e. The summed E-state index contributed by atoms with van der Waals surface area (Å²) in [6, 6.07) is 0. The summed E-state index contributed by atoms with van der Waals surface area (Å²) in [5.74, 6) is 0.696. The van der Waals surface area contributed by atoms with Gasteiger partial charge in [-0.2, -0.15) is 0 Å². The molecule has 1 aromatic rings. The van der Waals surface area contributed by atoms with Gasteiger partial charge in [0.15, 0.2) is 11.6 Å². The first-order valence-electron chi connectivity index (χ1n) is 2.80. The third-order valence-corrected chi connectivity index (χ3v) is 2.37. The maximum absolute atomic E-state index is 5.81. The molecule has 60 valence electrons. The maximum Gasteiger partial charge on any atom is 0.180 e. The molecule has 1 rings (SSSR count). The number of anilines is 1. The number of nitrogens with two attached hydrogens (primary N) is 1. The van der Waals surface area contributed by atoms with Crippen molar-refractivity contribution in [2.24, 2.45) is 0 Å². The third-order valence-electron chi connectivity index (χ3n) is 1.16. The highest BCUT2D eigenvalue weighted by Crippen LogP contribution is 2.34. The second-order valence-corrected chi connectivity index (χ2v) is 3.07. The fourth-order valence-corrected chi connectivity index (χ4v) is 1.16. The molecule has 0 bridgehead atoms. The molecule has 0 aliphatic carbocycles. The molecule has 11 heavy (non-hydrogen) atoms. The monoisotopic (exact) mass is 236 g/mol. The number of hydrogen-bond donors (Lipinski definition) is 1. The van der Waals surface area contributed by atoms with Gasteiger partial charge in [0.2, 0.25) is 0 Å². The summed E-state index contributed by atoms with van der Waals surface area (Å²) < 4.78 is 5.58. The molecule has 0 aliphatic rings. The van der Waals surface area contributed by atoms with Crippen LogP contribution in [0.15, 0.2) is 10.7 Å². The standard InChI is InChI=1S/C6H6BrClN2O/c1-11-5-4(8)3(7)2-10-6(5)9/h2H,1H3,(H2,9,10). The molecule has 0 fully saturated rings. The van der Waals surface area contributed by atoms with E-state index < -0.39 is 0 Å². The van der Waals surface area contributed by atoms with Crippen molar-refractivity contribution in [3.8, 4) is 5.75 Å². The number of hydrogen-bond acceptors (Lipinski definition) is 3. The van der Waals surface area contributed by atoms with E-state index in [1.165, 1.54) is 13.3 Å². The van der Waals surface area contributed by atoms with Crippen molar-refractivity contribution in [2.45, 2.75) is 0 Å². The molecule has 2 N–H and O–H groups in total. The smallest absolute Gasteiger partial charge is 0.180 e. The van der Waals surface area contributed by atoms with E-state index in [0.717, 1.165) is 0 Å². The van der Waals surface area contributed by atoms with Gasteiger partial charge in [-0.25, -0.2) is 4.98 Å². The van der Waals surface area contributed by atoms with Crippen LogP contribution in [-0.2, 0) is 0 Å². The zero-order valence-electron chi connectivity index (χ0n) is 5.77. The molecule has 0 aromatic carbocycles. The van der Waals surface area contributed by atoms with Gasteiger partial charge < -0.3 is 10.5 Å². The third kappa shape index (κ3) is 1.57. The number of methoxy groups -OCH3 is 1. The van der Waals surface area contributed by atoms with Crippen molar-refractivity contribution in [1.29, 1.82) is 0 Å². The Morgan fingerprint density at radius 1 is 1.73 bits per heavy atom. The van der Waals surface area contributed by atoms with E-state index in [-0.39, 0.29) is 0 Å². The molecule has 1 aromatic heterocycles. The lowest BCUT2D eigenvalue weighted by molar-refractivity contribution is 0.415. The SMILES string of the molecule is COc1c(N)ncc(Br)c1Cl. The van der Waals surface area contributed by atoms with Gasteiger partial charge in [-0.05, 0) is 15.9 Å². The van der Waals surface area contributed by atoms with Gasteiger partial charge in [0.25, 0.3) is 0 Å². The van der Waals surface area contributed by atoms with E-state index in [4.69, 9.17) is 22.1 Å². The van der Waals surface area contributed by atoms with E-state index in [9.17, 15) is 0 Å². The number of pyridine rings is 1. The lowest BCUT2D eigenvalue weighted by Gasteiger charge is -2.05. The van der Waals surface area contributed by atoms with Gasteiger partial charge in [-0.3, -0.25) is 0 Å². The average Bonchev–Trinajstić information content (AvgIpc) is 1.99. The van der Waals surface area contributed by atoms with Crippen molar-refractivity contribution in [2.75, 3.05) is 12.8 Å². The van der Waals surface area contributed by atoms with Crippen molar-refractivity contribution in [1.82, 2.24) is 4.98 Å².